The van der Waals surface area contributed by atoms with E-state index >= 15 is 0 Å². The first-order chi connectivity index (χ1) is 12.6. The molecule has 0 spiro atoms. The molecule has 0 amide bonds. The van der Waals surface area contributed by atoms with E-state index in [0.717, 1.165) is 16.7 Å². The van der Waals surface area contributed by atoms with Crippen molar-refractivity contribution in [1.82, 2.24) is 0 Å². The molecule has 0 bridgehead atoms. The second-order valence-corrected chi connectivity index (χ2v) is 6.18. The molecule has 0 aliphatic carbocycles. The van der Waals surface area contributed by atoms with Crippen molar-refractivity contribution in [2.24, 2.45) is 9.98 Å². The lowest BCUT2D eigenvalue weighted by Gasteiger charge is -2.04. The predicted molar refractivity (Wildman–Crippen MR) is 110 cm³/mol. The van der Waals surface area contributed by atoms with Crippen LogP contribution in [0.5, 0.6) is 0 Å². The van der Waals surface area contributed by atoms with Gasteiger partial charge in [0, 0.05) is 17.3 Å². The van der Waals surface area contributed by atoms with Crippen molar-refractivity contribution < 1.29 is 0 Å². The number of aliphatic imine (C=N–C) groups is 2. The van der Waals surface area contributed by atoms with Gasteiger partial charge in [-0.05, 0) is 19.4 Å². The van der Waals surface area contributed by atoms with Gasteiger partial charge in [0.05, 0.1) is 0 Å². The highest BCUT2D eigenvalue weighted by molar-refractivity contribution is 6.13. The van der Waals surface area contributed by atoms with Gasteiger partial charge < -0.3 is 0 Å². The van der Waals surface area contributed by atoms with Gasteiger partial charge >= 0.3 is 0 Å². The Balaban J connectivity index is 1.96. The summed E-state index contributed by atoms with van der Waals surface area (Å²) in [6.45, 7) is 4.10. The number of rotatable bonds is 3. The Kier molecular flexibility index (Phi) is 5.49. The number of nitrogens with one attached hydrogen (secondary N) is 1. The molecule has 3 nitrogen and oxygen atoms in total. The van der Waals surface area contributed by atoms with Crippen LogP contribution in [0, 0.1) is 19.3 Å². The SMILES string of the molecule is Cc1ccc(C=NC(=NC(=N)c2ccccc2)c2ccc(C)cc2)cc1. The topological polar surface area (TPSA) is 48.6 Å². The lowest BCUT2D eigenvalue weighted by Crippen LogP contribution is -2.04. The standard InChI is InChI=1S/C23H21N3/c1-17-8-12-19(13-9-17)16-25-23(21-14-10-18(2)11-15-21)26-22(24)20-6-4-3-5-7-20/h3-16,24H,1-2H3. The maximum absolute atomic E-state index is 8.30. The maximum atomic E-state index is 8.30. The van der Waals surface area contributed by atoms with E-state index in [1.807, 2.05) is 73.7 Å². The quantitative estimate of drug-likeness (QED) is 0.504. The summed E-state index contributed by atoms with van der Waals surface area (Å²) in [4.78, 5) is 9.05. The average molecular weight is 339 g/mol. The van der Waals surface area contributed by atoms with Gasteiger partial charge in [0.1, 0.15) is 0 Å². The average Bonchev–Trinajstić information content (AvgIpc) is 2.67. The second kappa shape index (κ2) is 8.17. The Bertz CT molecular complexity index is 935. The minimum absolute atomic E-state index is 0.197. The van der Waals surface area contributed by atoms with Crippen LogP contribution in [0.3, 0.4) is 0 Å². The molecule has 0 aliphatic heterocycles. The molecular formula is C23H21N3. The molecule has 0 heterocycles. The molecule has 0 atom stereocenters. The van der Waals surface area contributed by atoms with E-state index in [1.165, 1.54) is 11.1 Å². The molecule has 1 N–H and O–H groups in total. The van der Waals surface area contributed by atoms with E-state index in [9.17, 15) is 0 Å². The summed E-state index contributed by atoms with van der Waals surface area (Å²) in [5.41, 5.74) is 5.04. The van der Waals surface area contributed by atoms with Gasteiger partial charge in [-0.25, -0.2) is 9.98 Å². The molecule has 3 aromatic carbocycles. The Morgan fingerprint density at radius 1 is 0.731 bits per heavy atom. The first-order valence-electron chi connectivity index (χ1n) is 8.52. The van der Waals surface area contributed by atoms with Crippen molar-refractivity contribution in [2.75, 3.05) is 0 Å². The largest absolute Gasteiger partial charge is 0.282 e. The van der Waals surface area contributed by atoms with Gasteiger partial charge in [-0.3, -0.25) is 5.41 Å². The van der Waals surface area contributed by atoms with E-state index in [2.05, 4.69) is 29.0 Å². The van der Waals surface area contributed by atoms with Gasteiger partial charge in [-0.15, -0.1) is 0 Å². The van der Waals surface area contributed by atoms with Gasteiger partial charge in [0.15, 0.2) is 11.7 Å². The van der Waals surface area contributed by atoms with Crippen LogP contribution < -0.4 is 0 Å². The molecule has 0 fully saturated rings. The molecule has 3 rings (SSSR count). The fourth-order valence-electron chi connectivity index (χ4n) is 2.43. The Morgan fingerprint density at radius 3 is 1.92 bits per heavy atom. The molecule has 3 heteroatoms. The van der Waals surface area contributed by atoms with Crippen LogP contribution in [0.2, 0.25) is 0 Å². The molecule has 128 valence electrons. The van der Waals surface area contributed by atoms with Gasteiger partial charge in [0.25, 0.3) is 0 Å². The minimum Gasteiger partial charge on any atom is -0.282 e. The monoisotopic (exact) mass is 339 g/mol. The lowest BCUT2D eigenvalue weighted by molar-refractivity contribution is 1.39. The van der Waals surface area contributed by atoms with Gasteiger partial charge in [0.2, 0.25) is 0 Å². The van der Waals surface area contributed by atoms with Crippen molar-refractivity contribution >= 4 is 17.9 Å². The highest BCUT2D eigenvalue weighted by Gasteiger charge is 2.05. The van der Waals surface area contributed by atoms with E-state index in [-0.39, 0.29) is 5.84 Å². The molecule has 0 radical (unpaired) electrons. The van der Waals surface area contributed by atoms with Crippen LogP contribution in [0.25, 0.3) is 0 Å². The fourth-order valence-corrected chi connectivity index (χ4v) is 2.43. The summed E-state index contributed by atoms with van der Waals surface area (Å²) in [7, 11) is 0. The first kappa shape index (κ1) is 17.5. The number of amidine groups is 2. The van der Waals surface area contributed by atoms with Crippen LogP contribution in [0.15, 0.2) is 88.8 Å². The lowest BCUT2D eigenvalue weighted by atomic mass is 10.1. The second-order valence-electron chi connectivity index (χ2n) is 6.18. The zero-order chi connectivity index (χ0) is 18.4. The summed E-state index contributed by atoms with van der Waals surface area (Å²) >= 11 is 0. The van der Waals surface area contributed by atoms with Crippen LogP contribution >= 0.6 is 0 Å². The number of hydrogen-bond donors (Lipinski definition) is 1. The molecule has 0 saturated heterocycles. The molecule has 26 heavy (non-hydrogen) atoms. The Morgan fingerprint density at radius 2 is 1.31 bits per heavy atom. The van der Waals surface area contributed by atoms with E-state index in [0.29, 0.717) is 5.84 Å². The van der Waals surface area contributed by atoms with Crippen LogP contribution in [0.4, 0.5) is 0 Å². The van der Waals surface area contributed by atoms with Crippen LogP contribution in [0.1, 0.15) is 27.8 Å². The highest BCUT2D eigenvalue weighted by Crippen LogP contribution is 2.09. The number of nitrogens with zero attached hydrogens (tertiary/aromatic N) is 2. The van der Waals surface area contributed by atoms with Crippen molar-refractivity contribution in [3.8, 4) is 0 Å². The van der Waals surface area contributed by atoms with Crippen molar-refractivity contribution in [3.63, 3.8) is 0 Å². The summed E-state index contributed by atoms with van der Waals surface area (Å²) in [5.74, 6) is 0.724. The smallest absolute Gasteiger partial charge is 0.161 e. The summed E-state index contributed by atoms with van der Waals surface area (Å²) < 4.78 is 0. The van der Waals surface area contributed by atoms with Crippen molar-refractivity contribution in [2.45, 2.75) is 13.8 Å². The zero-order valence-corrected chi connectivity index (χ0v) is 15.0. The van der Waals surface area contributed by atoms with E-state index in [1.54, 1.807) is 6.21 Å². The third kappa shape index (κ3) is 4.61. The summed E-state index contributed by atoms with van der Waals surface area (Å²) in [6, 6.07) is 25.7. The molecule has 0 aliphatic rings. The van der Waals surface area contributed by atoms with Crippen molar-refractivity contribution in [3.05, 3.63) is 107 Å². The molecule has 3 aromatic rings. The third-order valence-corrected chi connectivity index (χ3v) is 3.99. The number of benzene rings is 3. The van der Waals surface area contributed by atoms with Gasteiger partial charge in [-0.1, -0.05) is 90.0 Å². The highest BCUT2D eigenvalue weighted by atomic mass is 14.9. The predicted octanol–water partition coefficient (Wildman–Crippen LogP) is 5.19. The molecule has 0 unspecified atom stereocenters. The normalized spacial score (nSPS) is 11.7. The van der Waals surface area contributed by atoms with Gasteiger partial charge in [-0.2, -0.15) is 0 Å². The maximum Gasteiger partial charge on any atom is 0.161 e. The number of hydrogen-bond acceptors (Lipinski definition) is 1. The fraction of sp³-hybridized carbons (Fsp3) is 0.0870. The van der Waals surface area contributed by atoms with Crippen molar-refractivity contribution in [1.29, 1.82) is 5.41 Å². The number of aryl methyl sites for hydroxylation is 2. The molecular weight excluding hydrogens is 318 g/mol. The minimum atomic E-state index is 0.197. The third-order valence-electron chi connectivity index (χ3n) is 3.99. The van der Waals surface area contributed by atoms with Crippen LogP contribution in [-0.2, 0) is 0 Å². The first-order valence-corrected chi connectivity index (χ1v) is 8.52. The molecule has 0 aromatic heterocycles. The Hall–Kier alpha value is -3.33. The zero-order valence-electron chi connectivity index (χ0n) is 15.0. The van der Waals surface area contributed by atoms with E-state index < -0.39 is 0 Å². The van der Waals surface area contributed by atoms with Crippen LogP contribution in [-0.4, -0.2) is 17.9 Å². The molecule has 0 saturated carbocycles. The van der Waals surface area contributed by atoms with E-state index in [4.69, 9.17) is 5.41 Å². The Labute approximate surface area is 154 Å². The summed E-state index contributed by atoms with van der Waals surface area (Å²) in [6.07, 6.45) is 1.79. The summed E-state index contributed by atoms with van der Waals surface area (Å²) in [5, 5.41) is 8.30.